The Hall–Kier alpha value is -4.12. The number of hydrogen-bond donors (Lipinski definition) is 1. The number of hydrogen-bond acceptors (Lipinski definition) is 7. The zero-order chi connectivity index (χ0) is 24.1. The molecule has 0 saturated carbocycles. The van der Waals surface area contributed by atoms with Gasteiger partial charge in [-0.3, -0.25) is 24.5 Å². The summed E-state index contributed by atoms with van der Waals surface area (Å²) in [7, 11) is 0. The molecule has 2 heterocycles. The van der Waals surface area contributed by atoms with E-state index >= 15 is 0 Å². The molecule has 2 aromatic carbocycles. The summed E-state index contributed by atoms with van der Waals surface area (Å²) >= 11 is 1.16. The molecule has 4 aromatic rings. The molecule has 0 fully saturated rings. The third kappa shape index (κ3) is 5.09. The lowest BCUT2D eigenvalue weighted by molar-refractivity contribution is -0.387. The van der Waals surface area contributed by atoms with Crippen LogP contribution in [0.15, 0.2) is 72.1 Å². The lowest BCUT2D eigenvalue weighted by atomic mass is 10.1. The minimum atomic E-state index is -0.969. The minimum Gasteiger partial charge on any atom is -0.325 e. The summed E-state index contributed by atoms with van der Waals surface area (Å²) in [6, 6.07) is 14.8. The number of rotatable bonds is 8. The largest absolute Gasteiger partial charge is 0.325 e. The van der Waals surface area contributed by atoms with Crippen LogP contribution in [0.2, 0.25) is 0 Å². The quantitative estimate of drug-likeness (QED) is 0.222. The summed E-state index contributed by atoms with van der Waals surface area (Å²) in [5.41, 5.74) is 2.27. The Morgan fingerprint density at radius 2 is 1.85 bits per heavy atom. The smallest absolute Gasteiger partial charge is 0.306 e. The van der Waals surface area contributed by atoms with Gasteiger partial charge in [-0.1, -0.05) is 30.8 Å². The topological polar surface area (TPSA) is 116 Å². The molecular weight excluding hydrogens is 459 g/mol. The highest BCUT2D eigenvalue weighted by Gasteiger charge is 2.19. The van der Waals surface area contributed by atoms with Crippen LogP contribution in [0.4, 0.5) is 15.8 Å². The Bertz CT molecular complexity index is 1330. The Morgan fingerprint density at radius 3 is 2.53 bits per heavy atom. The molecule has 0 aliphatic rings. The molecule has 9 nitrogen and oxygen atoms in total. The number of nitrogens with zero attached hydrogens (tertiary/aromatic N) is 5. The number of aryl methyl sites for hydroxylation is 1. The van der Waals surface area contributed by atoms with Gasteiger partial charge in [-0.2, -0.15) is 4.39 Å². The second-order valence-corrected chi connectivity index (χ2v) is 8.10. The van der Waals surface area contributed by atoms with Crippen LogP contribution in [-0.2, 0) is 11.2 Å². The highest BCUT2D eigenvalue weighted by Crippen LogP contribution is 2.28. The summed E-state index contributed by atoms with van der Waals surface area (Å²) in [6.45, 7) is 2.08. The molecule has 2 aromatic heterocycles. The van der Waals surface area contributed by atoms with Crippen molar-refractivity contribution < 1.29 is 14.1 Å². The number of thioether (sulfide) groups is 1. The van der Waals surface area contributed by atoms with Crippen LogP contribution >= 0.6 is 11.8 Å². The number of amides is 1. The zero-order valence-corrected chi connectivity index (χ0v) is 18.8. The van der Waals surface area contributed by atoms with Gasteiger partial charge in [0, 0.05) is 35.4 Å². The van der Waals surface area contributed by atoms with E-state index in [0.717, 1.165) is 41.6 Å². The molecule has 0 atom stereocenters. The fourth-order valence-corrected chi connectivity index (χ4v) is 3.97. The fraction of sp³-hybridized carbons (Fsp3) is 0.130. The second-order valence-electron chi connectivity index (χ2n) is 7.16. The maximum Gasteiger partial charge on any atom is 0.306 e. The van der Waals surface area contributed by atoms with Gasteiger partial charge in [0.2, 0.25) is 11.7 Å². The number of anilines is 1. The van der Waals surface area contributed by atoms with Crippen LogP contribution in [0.5, 0.6) is 0 Å². The number of nitro benzene ring substituents is 1. The number of benzene rings is 2. The SMILES string of the molecule is CCc1ccc(-n2c(SCC(=O)Nc3ccc(F)c([N+](=O)[O-])c3)nnc2-c2ccncc2)cc1. The predicted octanol–water partition coefficient (Wildman–Crippen LogP) is 4.67. The van der Waals surface area contributed by atoms with E-state index in [1.165, 1.54) is 11.6 Å². The van der Waals surface area contributed by atoms with E-state index in [9.17, 15) is 19.3 Å². The molecule has 34 heavy (non-hydrogen) atoms. The molecule has 0 bridgehead atoms. The molecule has 0 spiro atoms. The van der Waals surface area contributed by atoms with Gasteiger partial charge in [-0.05, 0) is 48.4 Å². The molecular formula is C23H19FN6O3S. The molecule has 4 rings (SSSR count). The van der Waals surface area contributed by atoms with Crippen LogP contribution in [0.1, 0.15) is 12.5 Å². The first-order chi connectivity index (χ1) is 16.5. The van der Waals surface area contributed by atoms with Crippen molar-refractivity contribution in [1.82, 2.24) is 19.7 Å². The van der Waals surface area contributed by atoms with Crippen LogP contribution in [0, 0.1) is 15.9 Å². The van der Waals surface area contributed by atoms with Crippen molar-refractivity contribution in [2.24, 2.45) is 0 Å². The molecule has 0 saturated heterocycles. The molecule has 0 aliphatic carbocycles. The predicted molar refractivity (Wildman–Crippen MR) is 126 cm³/mol. The van der Waals surface area contributed by atoms with E-state index in [-0.39, 0.29) is 11.4 Å². The Labute approximate surface area is 198 Å². The van der Waals surface area contributed by atoms with Crippen molar-refractivity contribution in [3.63, 3.8) is 0 Å². The van der Waals surface area contributed by atoms with E-state index in [1.807, 2.05) is 41.0 Å². The van der Waals surface area contributed by atoms with Gasteiger partial charge in [0.1, 0.15) is 0 Å². The first-order valence-electron chi connectivity index (χ1n) is 10.3. The van der Waals surface area contributed by atoms with E-state index in [1.54, 1.807) is 12.4 Å². The normalized spacial score (nSPS) is 10.8. The van der Waals surface area contributed by atoms with Crippen LogP contribution in [0.3, 0.4) is 0 Å². The molecule has 0 unspecified atom stereocenters. The monoisotopic (exact) mass is 478 g/mol. The number of nitrogens with one attached hydrogen (secondary N) is 1. The number of nitro groups is 1. The van der Waals surface area contributed by atoms with Gasteiger partial charge in [0.15, 0.2) is 11.0 Å². The number of carbonyl (C=O) groups excluding carboxylic acids is 1. The van der Waals surface area contributed by atoms with Crippen molar-refractivity contribution >= 4 is 29.0 Å². The highest BCUT2D eigenvalue weighted by atomic mass is 32.2. The summed E-state index contributed by atoms with van der Waals surface area (Å²) in [5, 5.41) is 22.6. The number of halogens is 1. The standard InChI is InChI=1S/C23H19FN6O3S/c1-2-15-3-6-18(7-4-15)29-22(16-9-11-25-12-10-16)27-28-23(29)34-14-21(31)26-17-5-8-19(24)20(13-17)30(32)33/h3-13H,2,14H2,1H3,(H,26,31). The average Bonchev–Trinajstić information content (AvgIpc) is 3.28. The summed E-state index contributed by atoms with van der Waals surface area (Å²) < 4.78 is 15.4. The van der Waals surface area contributed by atoms with Crippen molar-refractivity contribution in [1.29, 1.82) is 0 Å². The van der Waals surface area contributed by atoms with Crippen molar-refractivity contribution in [2.75, 3.05) is 11.1 Å². The lowest BCUT2D eigenvalue weighted by Crippen LogP contribution is -2.15. The zero-order valence-electron chi connectivity index (χ0n) is 18.0. The Kier molecular flexibility index (Phi) is 6.93. The fourth-order valence-electron chi connectivity index (χ4n) is 3.22. The maximum absolute atomic E-state index is 13.5. The summed E-state index contributed by atoms with van der Waals surface area (Å²) in [5.74, 6) is -0.827. The van der Waals surface area contributed by atoms with Gasteiger partial charge >= 0.3 is 5.69 Å². The van der Waals surface area contributed by atoms with Crippen LogP contribution < -0.4 is 5.32 Å². The lowest BCUT2D eigenvalue weighted by Gasteiger charge is -2.11. The van der Waals surface area contributed by atoms with Gasteiger partial charge in [0.05, 0.1) is 10.7 Å². The van der Waals surface area contributed by atoms with Crippen molar-refractivity contribution in [2.45, 2.75) is 18.5 Å². The first kappa shape index (κ1) is 23.1. The third-order valence-corrected chi connectivity index (χ3v) is 5.86. The van der Waals surface area contributed by atoms with Gasteiger partial charge in [0.25, 0.3) is 0 Å². The number of aromatic nitrogens is 4. The molecule has 11 heteroatoms. The van der Waals surface area contributed by atoms with Crippen molar-refractivity contribution in [3.8, 4) is 17.1 Å². The van der Waals surface area contributed by atoms with Gasteiger partial charge < -0.3 is 5.32 Å². The van der Waals surface area contributed by atoms with E-state index in [2.05, 4.69) is 27.4 Å². The number of pyridine rings is 1. The second kappa shape index (κ2) is 10.2. The molecule has 1 N–H and O–H groups in total. The van der Waals surface area contributed by atoms with E-state index in [0.29, 0.717) is 11.0 Å². The van der Waals surface area contributed by atoms with Crippen LogP contribution in [-0.4, -0.2) is 36.3 Å². The average molecular weight is 479 g/mol. The van der Waals surface area contributed by atoms with E-state index < -0.39 is 22.3 Å². The first-order valence-corrected chi connectivity index (χ1v) is 11.3. The summed E-state index contributed by atoms with van der Waals surface area (Å²) in [6.07, 6.45) is 4.23. The maximum atomic E-state index is 13.5. The summed E-state index contributed by atoms with van der Waals surface area (Å²) in [4.78, 5) is 26.6. The van der Waals surface area contributed by atoms with Crippen molar-refractivity contribution in [3.05, 3.63) is 88.5 Å². The molecule has 0 radical (unpaired) electrons. The molecule has 172 valence electrons. The third-order valence-electron chi connectivity index (χ3n) is 4.93. The minimum absolute atomic E-state index is 0.0350. The number of carbonyl (C=O) groups is 1. The van der Waals surface area contributed by atoms with Gasteiger partial charge in [-0.25, -0.2) is 0 Å². The molecule has 0 aliphatic heterocycles. The van der Waals surface area contributed by atoms with Crippen LogP contribution in [0.25, 0.3) is 17.1 Å². The molecule has 1 amide bonds. The van der Waals surface area contributed by atoms with Gasteiger partial charge in [-0.15, -0.1) is 10.2 Å². The Morgan fingerprint density at radius 1 is 1.12 bits per heavy atom. The Balaban J connectivity index is 1.57. The highest BCUT2D eigenvalue weighted by molar-refractivity contribution is 7.99. The van der Waals surface area contributed by atoms with E-state index in [4.69, 9.17) is 0 Å².